The molecule has 20 heavy (non-hydrogen) atoms. The molecule has 0 amide bonds. The van der Waals surface area contributed by atoms with Gasteiger partial charge in [-0.3, -0.25) is 0 Å². The number of anilines is 1. The van der Waals surface area contributed by atoms with Crippen LogP contribution < -0.4 is 5.73 Å². The largest absolute Gasteiger partial charge is 0.395 e. The zero-order valence-corrected chi connectivity index (χ0v) is 11.8. The number of aromatic nitrogens is 2. The first kappa shape index (κ1) is 12.9. The number of nitrogen functional groups attached to an aromatic ring is 1. The number of aryl methyl sites for hydroxylation is 1. The summed E-state index contributed by atoms with van der Waals surface area (Å²) in [5.74, 6) is 0.958. The van der Waals surface area contributed by atoms with Crippen molar-refractivity contribution in [3.63, 3.8) is 0 Å². The molecular formula is C16H15N3S. The fourth-order valence-electron chi connectivity index (χ4n) is 2.11. The van der Waals surface area contributed by atoms with Gasteiger partial charge in [0, 0.05) is 5.75 Å². The molecule has 0 spiro atoms. The number of fused-ring (bicyclic) bond motifs is 1. The van der Waals surface area contributed by atoms with Crippen LogP contribution in [0, 0.1) is 0 Å². The quantitative estimate of drug-likeness (QED) is 0.587. The van der Waals surface area contributed by atoms with Gasteiger partial charge in [0.1, 0.15) is 11.4 Å². The van der Waals surface area contributed by atoms with Gasteiger partial charge in [0.2, 0.25) is 0 Å². The zero-order chi connectivity index (χ0) is 13.8. The second kappa shape index (κ2) is 5.92. The highest BCUT2D eigenvalue weighted by Crippen LogP contribution is 2.23. The van der Waals surface area contributed by atoms with E-state index in [0.29, 0.717) is 5.69 Å². The molecule has 3 aromatic rings. The van der Waals surface area contributed by atoms with Gasteiger partial charge < -0.3 is 5.73 Å². The van der Waals surface area contributed by atoms with Gasteiger partial charge in [0.05, 0.1) is 11.9 Å². The van der Waals surface area contributed by atoms with Crippen molar-refractivity contribution < 1.29 is 0 Å². The van der Waals surface area contributed by atoms with Crippen molar-refractivity contribution >= 4 is 28.2 Å². The molecule has 2 aromatic carbocycles. The van der Waals surface area contributed by atoms with E-state index in [4.69, 9.17) is 5.73 Å². The fraction of sp³-hybridized carbons (Fsp3) is 0.125. The molecule has 2 N–H and O–H groups in total. The van der Waals surface area contributed by atoms with Gasteiger partial charge in [-0.2, -0.15) is 0 Å². The Morgan fingerprint density at radius 3 is 2.75 bits per heavy atom. The van der Waals surface area contributed by atoms with Gasteiger partial charge in [-0.15, -0.1) is 11.8 Å². The molecule has 0 saturated heterocycles. The predicted molar refractivity (Wildman–Crippen MR) is 84.8 cm³/mol. The zero-order valence-electron chi connectivity index (χ0n) is 11.0. The smallest absolute Gasteiger partial charge is 0.122 e. The first-order chi connectivity index (χ1) is 9.83. The van der Waals surface area contributed by atoms with Crippen LogP contribution in [-0.2, 0) is 6.42 Å². The Morgan fingerprint density at radius 1 is 1.05 bits per heavy atom. The summed E-state index contributed by atoms with van der Waals surface area (Å²) in [4.78, 5) is 8.08. The molecule has 4 heteroatoms. The van der Waals surface area contributed by atoms with E-state index in [1.807, 2.05) is 0 Å². The molecule has 0 bridgehead atoms. The van der Waals surface area contributed by atoms with Crippen LogP contribution in [0.5, 0.6) is 0 Å². The summed E-state index contributed by atoms with van der Waals surface area (Å²) >= 11 is 1.67. The Morgan fingerprint density at radius 2 is 1.90 bits per heavy atom. The topological polar surface area (TPSA) is 51.8 Å². The van der Waals surface area contributed by atoms with E-state index in [-0.39, 0.29) is 0 Å². The van der Waals surface area contributed by atoms with Crippen molar-refractivity contribution in [2.24, 2.45) is 0 Å². The highest BCUT2D eigenvalue weighted by Gasteiger charge is 2.02. The molecule has 1 heterocycles. The third-order valence-electron chi connectivity index (χ3n) is 3.15. The highest BCUT2D eigenvalue weighted by molar-refractivity contribution is 7.99. The summed E-state index contributed by atoms with van der Waals surface area (Å²) in [6, 6.07) is 15.0. The van der Waals surface area contributed by atoms with E-state index in [2.05, 4.69) is 52.4 Å². The molecule has 0 aliphatic heterocycles. The van der Waals surface area contributed by atoms with Crippen molar-refractivity contribution in [2.45, 2.75) is 11.4 Å². The van der Waals surface area contributed by atoms with E-state index in [1.54, 1.807) is 18.0 Å². The van der Waals surface area contributed by atoms with Crippen molar-refractivity contribution in [3.05, 3.63) is 60.6 Å². The third-order valence-corrected chi connectivity index (χ3v) is 4.17. The van der Waals surface area contributed by atoms with Crippen LogP contribution in [0.2, 0.25) is 0 Å². The summed E-state index contributed by atoms with van der Waals surface area (Å²) in [6.45, 7) is 0. The van der Waals surface area contributed by atoms with E-state index in [1.165, 1.54) is 22.7 Å². The number of nitrogens with two attached hydrogens (primary N) is 1. The van der Waals surface area contributed by atoms with Crippen molar-refractivity contribution in [1.29, 1.82) is 0 Å². The molecule has 0 aliphatic rings. The average molecular weight is 281 g/mol. The first-order valence-electron chi connectivity index (χ1n) is 6.49. The number of rotatable bonds is 4. The molecule has 0 radical (unpaired) electrons. The lowest BCUT2D eigenvalue weighted by Gasteiger charge is -2.05. The average Bonchev–Trinajstić information content (AvgIpc) is 2.49. The van der Waals surface area contributed by atoms with Crippen molar-refractivity contribution in [1.82, 2.24) is 9.97 Å². The van der Waals surface area contributed by atoms with Gasteiger partial charge in [0.15, 0.2) is 0 Å². The monoisotopic (exact) mass is 281 g/mol. The Bertz CT molecular complexity index is 727. The number of hydrogen-bond acceptors (Lipinski definition) is 4. The second-order valence-corrected chi connectivity index (χ2v) is 5.65. The van der Waals surface area contributed by atoms with Crippen LogP contribution in [0.4, 0.5) is 5.69 Å². The molecule has 3 rings (SSSR count). The van der Waals surface area contributed by atoms with Gasteiger partial charge in [-0.25, -0.2) is 9.97 Å². The Labute approximate surface area is 122 Å². The lowest BCUT2D eigenvalue weighted by Crippen LogP contribution is -1.95. The number of nitrogens with zero attached hydrogens (tertiary/aromatic N) is 2. The third kappa shape index (κ3) is 2.91. The highest BCUT2D eigenvalue weighted by atomic mass is 32.2. The number of hydrogen-bond donors (Lipinski definition) is 1. The van der Waals surface area contributed by atoms with Crippen LogP contribution in [0.25, 0.3) is 10.8 Å². The van der Waals surface area contributed by atoms with E-state index < -0.39 is 0 Å². The maximum atomic E-state index is 5.83. The molecule has 1 aromatic heterocycles. The molecule has 0 atom stereocenters. The van der Waals surface area contributed by atoms with Gasteiger partial charge >= 0.3 is 0 Å². The molecule has 0 saturated carbocycles. The Kier molecular flexibility index (Phi) is 3.83. The van der Waals surface area contributed by atoms with Crippen LogP contribution in [0.15, 0.2) is 60.0 Å². The van der Waals surface area contributed by atoms with Crippen molar-refractivity contribution in [2.75, 3.05) is 11.5 Å². The summed E-state index contributed by atoms with van der Waals surface area (Å²) in [5, 5.41) is 3.43. The van der Waals surface area contributed by atoms with E-state index >= 15 is 0 Å². The van der Waals surface area contributed by atoms with Crippen LogP contribution in [-0.4, -0.2) is 15.7 Å². The van der Waals surface area contributed by atoms with Crippen LogP contribution in [0.1, 0.15) is 5.56 Å². The molecule has 0 fully saturated rings. The Hall–Kier alpha value is -2.07. The minimum absolute atomic E-state index is 0.649. The number of benzene rings is 2. The SMILES string of the molecule is Nc1cncnc1SCCc1ccc2ccccc2c1. The molecule has 3 nitrogen and oxygen atoms in total. The summed E-state index contributed by atoms with van der Waals surface area (Å²) in [7, 11) is 0. The lowest BCUT2D eigenvalue weighted by atomic mass is 10.1. The molecule has 0 unspecified atom stereocenters. The maximum absolute atomic E-state index is 5.83. The van der Waals surface area contributed by atoms with Gasteiger partial charge in [-0.05, 0) is 22.8 Å². The fourth-order valence-corrected chi connectivity index (χ4v) is 2.98. The molecule has 0 aliphatic carbocycles. The summed E-state index contributed by atoms with van der Waals surface area (Å²) in [6.07, 6.45) is 4.18. The normalized spacial score (nSPS) is 10.8. The first-order valence-corrected chi connectivity index (χ1v) is 7.47. The van der Waals surface area contributed by atoms with Crippen LogP contribution >= 0.6 is 11.8 Å². The lowest BCUT2D eigenvalue weighted by molar-refractivity contribution is 1.05. The molecular weight excluding hydrogens is 266 g/mol. The minimum Gasteiger partial charge on any atom is -0.395 e. The maximum Gasteiger partial charge on any atom is 0.122 e. The van der Waals surface area contributed by atoms with Crippen molar-refractivity contribution in [3.8, 4) is 0 Å². The van der Waals surface area contributed by atoms with E-state index in [9.17, 15) is 0 Å². The van der Waals surface area contributed by atoms with Gasteiger partial charge in [-0.1, -0.05) is 42.5 Å². The second-order valence-electron chi connectivity index (χ2n) is 4.56. The minimum atomic E-state index is 0.649. The Balaban J connectivity index is 1.67. The number of thioether (sulfide) groups is 1. The van der Waals surface area contributed by atoms with E-state index in [0.717, 1.165) is 17.2 Å². The standard InChI is InChI=1S/C16H15N3S/c17-15-10-18-11-19-16(15)20-8-7-12-5-6-13-3-1-2-4-14(13)9-12/h1-6,9-11H,7-8,17H2. The summed E-state index contributed by atoms with van der Waals surface area (Å²) in [5.41, 5.74) is 7.81. The van der Waals surface area contributed by atoms with Crippen LogP contribution in [0.3, 0.4) is 0 Å². The van der Waals surface area contributed by atoms with Gasteiger partial charge in [0.25, 0.3) is 0 Å². The predicted octanol–water partition coefficient (Wildman–Crippen LogP) is 3.55. The summed E-state index contributed by atoms with van der Waals surface area (Å²) < 4.78 is 0. The molecule has 100 valence electrons.